The highest BCUT2D eigenvalue weighted by molar-refractivity contribution is 5.87. The topological polar surface area (TPSA) is 61.4 Å². The molecule has 1 aliphatic heterocycles. The molecular formula is C17H24N2O2. The van der Waals surface area contributed by atoms with Crippen LogP contribution < -0.4 is 10.6 Å². The van der Waals surface area contributed by atoms with Crippen LogP contribution in [-0.4, -0.2) is 29.2 Å². The molecule has 2 aliphatic rings. The lowest BCUT2D eigenvalue weighted by Crippen LogP contribution is -2.48. The zero-order valence-corrected chi connectivity index (χ0v) is 12.6. The molecule has 4 heteroatoms. The molecule has 1 aromatic carbocycles. The van der Waals surface area contributed by atoms with Crippen LogP contribution in [0.25, 0.3) is 0 Å². The number of carbonyl (C=O) groups excluding carboxylic acids is 1. The molecule has 0 saturated heterocycles. The Bertz CT molecular complexity index is 496. The van der Waals surface area contributed by atoms with E-state index in [1.807, 2.05) is 24.3 Å². The molecule has 1 fully saturated rings. The number of amides is 1. The molecule has 0 aromatic heterocycles. The Balaban J connectivity index is 1.52. The van der Waals surface area contributed by atoms with Crippen molar-refractivity contribution in [2.75, 3.05) is 11.9 Å². The summed E-state index contributed by atoms with van der Waals surface area (Å²) in [5.74, 6) is 0.672. The third-order valence-electron chi connectivity index (χ3n) is 4.88. The van der Waals surface area contributed by atoms with Crippen molar-refractivity contribution in [3.63, 3.8) is 0 Å². The first-order valence-electron chi connectivity index (χ1n) is 7.90. The summed E-state index contributed by atoms with van der Waals surface area (Å²) in [6.45, 7) is 2.59. The van der Waals surface area contributed by atoms with Crippen molar-refractivity contribution >= 4 is 11.6 Å². The largest absolute Gasteiger partial charge is 0.388 e. The number of hydrogen-bond donors (Lipinski definition) is 3. The van der Waals surface area contributed by atoms with Crippen LogP contribution in [0.3, 0.4) is 0 Å². The van der Waals surface area contributed by atoms with Gasteiger partial charge in [0.05, 0.1) is 5.60 Å². The minimum atomic E-state index is -0.715. The van der Waals surface area contributed by atoms with Gasteiger partial charge in [0.1, 0.15) is 6.04 Å². The van der Waals surface area contributed by atoms with Gasteiger partial charge in [-0.15, -0.1) is 0 Å². The molecule has 1 amide bonds. The molecule has 1 atom stereocenters. The SMILES string of the molecule is CC1CCC(O)(CNC(=O)[C@@H]2Cc3ccccc3N2)CC1. The highest BCUT2D eigenvalue weighted by Crippen LogP contribution is 2.31. The lowest BCUT2D eigenvalue weighted by Gasteiger charge is -2.35. The van der Waals surface area contributed by atoms with Crippen molar-refractivity contribution in [2.45, 2.75) is 50.7 Å². The molecule has 3 rings (SSSR count). The molecular weight excluding hydrogens is 264 g/mol. The Morgan fingerprint density at radius 2 is 2.10 bits per heavy atom. The average molecular weight is 288 g/mol. The molecule has 3 N–H and O–H groups in total. The normalized spacial score (nSPS) is 31.3. The number of aliphatic hydroxyl groups is 1. The lowest BCUT2D eigenvalue weighted by molar-refractivity contribution is -0.123. The van der Waals surface area contributed by atoms with Crippen LogP contribution in [0.15, 0.2) is 24.3 Å². The predicted molar refractivity (Wildman–Crippen MR) is 83.1 cm³/mol. The minimum absolute atomic E-state index is 0.0155. The summed E-state index contributed by atoms with van der Waals surface area (Å²) < 4.78 is 0. The van der Waals surface area contributed by atoms with Gasteiger partial charge in [0.25, 0.3) is 0 Å². The first-order valence-corrected chi connectivity index (χ1v) is 7.90. The molecule has 4 nitrogen and oxygen atoms in total. The Kier molecular flexibility index (Phi) is 3.89. The van der Waals surface area contributed by atoms with E-state index in [9.17, 15) is 9.90 Å². The standard InChI is InChI=1S/C17H24N2O2/c1-12-6-8-17(21,9-7-12)11-18-16(20)15-10-13-4-2-3-5-14(13)19-15/h2-5,12,15,19,21H,6-11H2,1H3,(H,18,20)/t12?,15-,17?/m0/s1. The van der Waals surface area contributed by atoms with E-state index in [2.05, 4.69) is 17.6 Å². The maximum Gasteiger partial charge on any atom is 0.242 e. The number of anilines is 1. The third-order valence-corrected chi connectivity index (χ3v) is 4.88. The Morgan fingerprint density at radius 3 is 2.81 bits per heavy atom. The Labute approximate surface area is 125 Å². The summed E-state index contributed by atoms with van der Waals surface area (Å²) in [4.78, 5) is 12.3. The van der Waals surface area contributed by atoms with E-state index >= 15 is 0 Å². The van der Waals surface area contributed by atoms with E-state index in [0.717, 1.165) is 37.8 Å². The van der Waals surface area contributed by atoms with Gasteiger partial charge in [-0.2, -0.15) is 0 Å². The zero-order valence-electron chi connectivity index (χ0n) is 12.6. The van der Waals surface area contributed by atoms with E-state index in [-0.39, 0.29) is 11.9 Å². The molecule has 1 heterocycles. The predicted octanol–water partition coefficient (Wildman–Crippen LogP) is 2.08. The highest BCUT2D eigenvalue weighted by atomic mass is 16.3. The number of nitrogens with one attached hydrogen (secondary N) is 2. The first-order chi connectivity index (χ1) is 10.1. The fourth-order valence-electron chi connectivity index (χ4n) is 3.31. The number of carbonyl (C=O) groups is 1. The van der Waals surface area contributed by atoms with Gasteiger partial charge in [0.15, 0.2) is 0 Å². The van der Waals surface area contributed by atoms with Crippen LogP contribution >= 0.6 is 0 Å². The Morgan fingerprint density at radius 1 is 1.38 bits per heavy atom. The monoisotopic (exact) mass is 288 g/mol. The van der Waals surface area contributed by atoms with Gasteiger partial charge in [-0.3, -0.25) is 4.79 Å². The van der Waals surface area contributed by atoms with Gasteiger partial charge < -0.3 is 15.7 Å². The Hall–Kier alpha value is -1.55. The van der Waals surface area contributed by atoms with Crippen LogP contribution in [-0.2, 0) is 11.2 Å². The summed E-state index contributed by atoms with van der Waals surface area (Å²) in [5, 5.41) is 16.7. The van der Waals surface area contributed by atoms with Gasteiger partial charge in [-0.25, -0.2) is 0 Å². The van der Waals surface area contributed by atoms with Crippen molar-refractivity contribution in [2.24, 2.45) is 5.92 Å². The number of para-hydroxylation sites is 1. The van der Waals surface area contributed by atoms with Gasteiger partial charge >= 0.3 is 0 Å². The number of benzene rings is 1. The number of rotatable bonds is 3. The summed E-state index contributed by atoms with van der Waals surface area (Å²) >= 11 is 0. The van der Waals surface area contributed by atoms with E-state index < -0.39 is 5.60 Å². The lowest BCUT2D eigenvalue weighted by atomic mass is 9.79. The van der Waals surface area contributed by atoms with Crippen molar-refractivity contribution in [1.82, 2.24) is 5.32 Å². The second-order valence-electron chi connectivity index (χ2n) is 6.68. The first kappa shape index (κ1) is 14.4. The van der Waals surface area contributed by atoms with Gasteiger partial charge in [-0.05, 0) is 43.2 Å². The molecule has 1 saturated carbocycles. The van der Waals surface area contributed by atoms with Gasteiger partial charge in [0, 0.05) is 18.7 Å². The van der Waals surface area contributed by atoms with Crippen LogP contribution in [0.4, 0.5) is 5.69 Å². The smallest absolute Gasteiger partial charge is 0.242 e. The van der Waals surface area contributed by atoms with Crippen molar-refractivity contribution in [3.8, 4) is 0 Å². The van der Waals surface area contributed by atoms with Crippen LogP contribution in [0.5, 0.6) is 0 Å². The quantitative estimate of drug-likeness (QED) is 0.798. The molecule has 0 radical (unpaired) electrons. The summed E-state index contributed by atoms with van der Waals surface area (Å²) in [6, 6.07) is 7.79. The van der Waals surface area contributed by atoms with Gasteiger partial charge in [-0.1, -0.05) is 25.1 Å². The fraction of sp³-hybridized carbons (Fsp3) is 0.588. The summed E-state index contributed by atoms with van der Waals surface area (Å²) in [5.41, 5.74) is 1.51. The second-order valence-corrected chi connectivity index (χ2v) is 6.68. The summed E-state index contributed by atoms with van der Waals surface area (Å²) in [7, 11) is 0. The molecule has 0 unspecified atom stereocenters. The average Bonchev–Trinajstić information content (AvgIpc) is 2.92. The molecule has 0 bridgehead atoms. The van der Waals surface area contributed by atoms with E-state index in [4.69, 9.17) is 0 Å². The van der Waals surface area contributed by atoms with Gasteiger partial charge in [0.2, 0.25) is 5.91 Å². The minimum Gasteiger partial charge on any atom is -0.388 e. The molecule has 114 valence electrons. The maximum absolute atomic E-state index is 12.3. The zero-order chi connectivity index (χ0) is 14.9. The third kappa shape index (κ3) is 3.21. The van der Waals surface area contributed by atoms with E-state index in [1.165, 1.54) is 5.56 Å². The summed E-state index contributed by atoms with van der Waals surface area (Å²) in [6.07, 6.45) is 4.37. The number of hydrogen-bond acceptors (Lipinski definition) is 3. The van der Waals surface area contributed by atoms with E-state index in [0.29, 0.717) is 12.5 Å². The molecule has 1 aromatic rings. The van der Waals surface area contributed by atoms with Crippen molar-refractivity contribution < 1.29 is 9.90 Å². The number of fused-ring (bicyclic) bond motifs is 1. The van der Waals surface area contributed by atoms with Crippen LogP contribution in [0.1, 0.15) is 38.2 Å². The van der Waals surface area contributed by atoms with Crippen molar-refractivity contribution in [1.29, 1.82) is 0 Å². The van der Waals surface area contributed by atoms with E-state index in [1.54, 1.807) is 0 Å². The molecule has 0 spiro atoms. The fourth-order valence-corrected chi connectivity index (χ4v) is 3.31. The maximum atomic E-state index is 12.3. The van der Waals surface area contributed by atoms with Crippen LogP contribution in [0, 0.1) is 5.92 Å². The highest BCUT2D eigenvalue weighted by Gasteiger charge is 2.33. The molecule has 1 aliphatic carbocycles. The van der Waals surface area contributed by atoms with Crippen LogP contribution in [0.2, 0.25) is 0 Å². The second kappa shape index (κ2) is 5.68. The molecule has 21 heavy (non-hydrogen) atoms. The van der Waals surface area contributed by atoms with Crippen molar-refractivity contribution in [3.05, 3.63) is 29.8 Å².